The number of nitrogens with one attached hydrogen (secondary N) is 6. The van der Waals surface area contributed by atoms with Gasteiger partial charge < -0.3 is 89.1 Å². The van der Waals surface area contributed by atoms with Gasteiger partial charge in [-0.2, -0.15) is 0 Å². The molecule has 2 heterocycles. The first kappa shape index (κ1) is 67.7. The number of esters is 1. The van der Waals surface area contributed by atoms with Gasteiger partial charge in [-0.15, -0.1) is 0 Å². The molecule has 3 aromatic rings. The summed E-state index contributed by atoms with van der Waals surface area (Å²) in [4.78, 5) is 95.6. The van der Waals surface area contributed by atoms with Crippen LogP contribution in [0.15, 0.2) is 91.0 Å². The molecule has 1 aliphatic carbocycles. The van der Waals surface area contributed by atoms with E-state index >= 15 is 0 Å². The molecule has 0 aromatic heterocycles. The Hall–Kier alpha value is -7.45. The molecule has 86 heavy (non-hydrogen) atoms. The number of carbonyl (C=O) groups is 7. The smallest absolute Gasteiger partial charge is 0.408 e. The lowest BCUT2D eigenvalue weighted by molar-refractivity contribution is -0.289. The van der Waals surface area contributed by atoms with Crippen LogP contribution in [-0.2, 0) is 65.3 Å². The molecule has 3 aliphatic rings. The number of alkyl carbamates (subject to hydrolysis) is 6. The standard InChI is InChI=1S/C61H86N6O19/c1-58(2,3)83-52(70)62-32-39-28-29-41(63-55(73)84-59(4,5)6)50(79-39)81-47-44(66-56(74)85-60(7,8)9)31-43(65-54(72)78-34-37-24-18-14-19-25-37)48(46(47)68)82-51-45(67-57(75)86-61(10,11)12)42(64-53(71)77-33-36-22-16-13-17-23-36)30-40(80-51)35-76-49(69)38-26-20-15-21-27-38/h13-27,39-48,50-51,68H,28-35H2,1-12H3,(H,62,70)(H,63,73)(H,64,71)(H,65,72)(H,66,74)(H,67,75)/t39-,40-,41+,42-,43+,44-,45+,46-,47+,48-,50+,51+/m0/s1. The quantitative estimate of drug-likeness (QED) is 0.0472. The summed E-state index contributed by atoms with van der Waals surface area (Å²) in [5.74, 6) is -0.704. The molecule has 6 rings (SSSR count). The van der Waals surface area contributed by atoms with Gasteiger partial charge in [-0.25, -0.2) is 33.6 Å². The average molecular weight is 1210 g/mol. The average Bonchev–Trinajstić information content (AvgIpc) is 0.860. The first-order valence-electron chi connectivity index (χ1n) is 28.8. The van der Waals surface area contributed by atoms with Gasteiger partial charge in [0.25, 0.3) is 0 Å². The fourth-order valence-corrected chi connectivity index (χ4v) is 9.44. The summed E-state index contributed by atoms with van der Waals surface area (Å²) in [7, 11) is 0. The summed E-state index contributed by atoms with van der Waals surface area (Å²) in [6.45, 7) is 19.2. The Balaban J connectivity index is 1.43. The highest BCUT2D eigenvalue weighted by Gasteiger charge is 2.53. The number of aliphatic hydroxyl groups excluding tert-OH is 1. The number of carbonyl (C=O) groups excluding carboxylic acids is 7. The minimum absolute atomic E-state index is 0.0779. The topological polar surface area (TPSA) is 313 Å². The van der Waals surface area contributed by atoms with Crippen LogP contribution in [0.1, 0.15) is 130 Å². The van der Waals surface area contributed by atoms with Crippen LogP contribution >= 0.6 is 0 Å². The lowest BCUT2D eigenvalue weighted by Gasteiger charge is -2.49. The van der Waals surface area contributed by atoms with E-state index in [1.807, 2.05) is 0 Å². The monoisotopic (exact) mass is 1210 g/mol. The maximum atomic E-state index is 14.1. The fourth-order valence-electron chi connectivity index (χ4n) is 9.44. The van der Waals surface area contributed by atoms with E-state index in [-0.39, 0.29) is 51.0 Å². The minimum Gasteiger partial charge on any atom is -0.459 e. The van der Waals surface area contributed by atoms with Crippen LogP contribution in [0.3, 0.4) is 0 Å². The van der Waals surface area contributed by atoms with Gasteiger partial charge in [-0.1, -0.05) is 78.9 Å². The molecular weight excluding hydrogens is 1120 g/mol. The molecule has 0 spiro atoms. The molecule has 7 N–H and O–H groups in total. The molecule has 0 bridgehead atoms. The molecule has 25 nitrogen and oxygen atoms in total. The number of hydrogen-bond donors (Lipinski definition) is 7. The van der Waals surface area contributed by atoms with Crippen molar-refractivity contribution in [3.8, 4) is 0 Å². The summed E-state index contributed by atoms with van der Waals surface area (Å²) in [5.41, 5.74) is -2.27. The normalized spacial score (nSPS) is 25.1. The van der Waals surface area contributed by atoms with Crippen LogP contribution in [-0.4, -0.2) is 157 Å². The van der Waals surface area contributed by atoms with Gasteiger partial charge in [0.05, 0.1) is 41.9 Å². The maximum absolute atomic E-state index is 14.1. The number of hydrogen-bond acceptors (Lipinski definition) is 19. The number of ether oxygens (including phenoxy) is 11. The summed E-state index contributed by atoms with van der Waals surface area (Å²) >= 11 is 0. The van der Waals surface area contributed by atoms with Gasteiger partial charge in [0.2, 0.25) is 0 Å². The van der Waals surface area contributed by atoms with Gasteiger partial charge in [0.15, 0.2) is 12.6 Å². The van der Waals surface area contributed by atoms with Gasteiger partial charge in [-0.05, 0) is 132 Å². The molecule has 0 unspecified atom stereocenters. The summed E-state index contributed by atoms with van der Waals surface area (Å²) in [5, 5.41) is 29.9. The van der Waals surface area contributed by atoms with Crippen molar-refractivity contribution in [1.82, 2.24) is 31.9 Å². The van der Waals surface area contributed by atoms with E-state index in [2.05, 4.69) is 31.9 Å². The number of aliphatic hydroxyl groups is 1. The Labute approximate surface area is 502 Å². The fraction of sp³-hybridized carbons (Fsp3) is 0.590. The third-order valence-electron chi connectivity index (χ3n) is 13.0. The Bertz CT molecular complexity index is 2700. The zero-order valence-corrected chi connectivity index (χ0v) is 51.0. The number of amides is 6. The summed E-state index contributed by atoms with van der Waals surface area (Å²) < 4.78 is 66.4. The predicted molar refractivity (Wildman–Crippen MR) is 309 cm³/mol. The van der Waals surface area contributed by atoms with E-state index in [0.29, 0.717) is 11.1 Å². The van der Waals surface area contributed by atoms with Gasteiger partial charge >= 0.3 is 42.5 Å². The lowest BCUT2D eigenvalue weighted by atomic mass is 9.83. The molecule has 6 amide bonds. The SMILES string of the molecule is CC(C)(C)OC(=O)NC[C@@H]1CC[C@@H](NC(=O)OC(C)(C)C)[C@@H](O[C@H]2[C@H](O)[C@@H](O[C@H]3O[C@H](COC(=O)c4ccccc4)C[C@H](NC(=O)OCc4ccccc4)[C@H]3NC(=O)OC(C)(C)C)[C@H](NC(=O)OCc3ccccc3)C[C@@H]2NC(=O)OC(C)(C)C)O1. The minimum atomic E-state index is -1.95. The zero-order valence-electron chi connectivity index (χ0n) is 51.0. The van der Waals surface area contributed by atoms with E-state index in [1.165, 1.54) is 0 Å². The summed E-state index contributed by atoms with van der Waals surface area (Å²) in [6, 6.07) is 19.7. The molecule has 1 saturated carbocycles. The van der Waals surface area contributed by atoms with E-state index < -0.39 is 145 Å². The van der Waals surface area contributed by atoms with Crippen molar-refractivity contribution in [2.45, 2.75) is 218 Å². The maximum Gasteiger partial charge on any atom is 0.408 e. The Morgan fingerprint density at radius 2 is 0.884 bits per heavy atom. The van der Waals surface area contributed by atoms with E-state index in [1.54, 1.807) is 174 Å². The van der Waals surface area contributed by atoms with Crippen LogP contribution in [0.4, 0.5) is 28.8 Å². The Kier molecular flexibility index (Phi) is 23.8. The molecule has 2 saturated heterocycles. The highest BCUT2D eigenvalue weighted by atomic mass is 16.7. The number of rotatable bonds is 18. The Morgan fingerprint density at radius 3 is 1.38 bits per heavy atom. The van der Waals surface area contributed by atoms with Crippen LogP contribution in [0.2, 0.25) is 0 Å². The third kappa shape index (κ3) is 23.1. The van der Waals surface area contributed by atoms with Gasteiger partial charge in [0.1, 0.15) is 66.6 Å². The van der Waals surface area contributed by atoms with Crippen LogP contribution in [0.5, 0.6) is 0 Å². The van der Waals surface area contributed by atoms with Gasteiger partial charge in [0, 0.05) is 6.54 Å². The van der Waals surface area contributed by atoms with E-state index in [0.717, 1.165) is 0 Å². The highest BCUT2D eigenvalue weighted by molar-refractivity contribution is 5.89. The molecular formula is C61H86N6O19. The molecule has 474 valence electrons. The molecule has 0 radical (unpaired) electrons. The van der Waals surface area contributed by atoms with Crippen molar-refractivity contribution in [3.05, 3.63) is 108 Å². The molecule has 2 aliphatic heterocycles. The lowest BCUT2D eigenvalue weighted by Crippen LogP contribution is -2.70. The van der Waals surface area contributed by atoms with E-state index in [4.69, 9.17) is 52.1 Å². The van der Waals surface area contributed by atoms with Gasteiger partial charge in [-0.3, -0.25) is 0 Å². The molecule has 12 atom stereocenters. The first-order valence-corrected chi connectivity index (χ1v) is 28.8. The number of benzene rings is 3. The van der Waals surface area contributed by atoms with Crippen molar-refractivity contribution in [3.63, 3.8) is 0 Å². The second kappa shape index (κ2) is 30.3. The highest BCUT2D eigenvalue weighted by Crippen LogP contribution is 2.34. The molecule has 3 aromatic carbocycles. The first-order chi connectivity index (χ1) is 40.3. The molecule has 25 heteroatoms. The van der Waals surface area contributed by atoms with E-state index in [9.17, 15) is 38.7 Å². The summed E-state index contributed by atoms with van der Waals surface area (Å²) in [6.07, 6.45) is -15.6. The second-order valence-electron chi connectivity index (χ2n) is 25.1. The zero-order chi connectivity index (χ0) is 63.0. The largest absolute Gasteiger partial charge is 0.459 e. The van der Waals surface area contributed by atoms with Crippen molar-refractivity contribution >= 4 is 42.5 Å². The van der Waals surface area contributed by atoms with Crippen molar-refractivity contribution in [2.75, 3.05) is 13.2 Å². The van der Waals surface area contributed by atoms with Crippen molar-refractivity contribution in [1.29, 1.82) is 0 Å². The van der Waals surface area contributed by atoms with Crippen molar-refractivity contribution in [2.24, 2.45) is 0 Å². The van der Waals surface area contributed by atoms with Crippen molar-refractivity contribution < 1.29 is 90.8 Å². The second-order valence-corrected chi connectivity index (χ2v) is 25.1. The van der Waals surface area contributed by atoms with Crippen LogP contribution in [0, 0.1) is 0 Å². The van der Waals surface area contributed by atoms with Crippen LogP contribution in [0.25, 0.3) is 0 Å². The predicted octanol–water partition coefficient (Wildman–Crippen LogP) is 7.79. The molecule has 3 fully saturated rings. The van der Waals surface area contributed by atoms with Crippen LogP contribution < -0.4 is 31.9 Å². The third-order valence-corrected chi connectivity index (χ3v) is 13.0. The Morgan fingerprint density at radius 1 is 0.465 bits per heavy atom.